The molecule has 190 valence electrons. The fourth-order valence-electron chi connectivity index (χ4n) is 3.54. The number of benzene rings is 2. The van der Waals surface area contributed by atoms with Crippen LogP contribution in [0.1, 0.15) is 17.5 Å². The largest absolute Gasteiger partial charge is 0.493 e. The summed E-state index contributed by atoms with van der Waals surface area (Å²) in [6, 6.07) is 11.7. The molecule has 0 unspecified atom stereocenters. The van der Waals surface area contributed by atoms with Gasteiger partial charge in [0.25, 0.3) is 5.91 Å². The number of rotatable bonds is 11. The van der Waals surface area contributed by atoms with Crippen LogP contribution in [0, 0.1) is 10.5 Å². The number of morpholine rings is 1. The molecule has 0 atom stereocenters. The van der Waals surface area contributed by atoms with E-state index in [-0.39, 0.29) is 37.3 Å². The topological polar surface area (TPSA) is 72.1 Å². The van der Waals surface area contributed by atoms with Crippen molar-refractivity contribution in [3.63, 3.8) is 0 Å². The zero-order valence-corrected chi connectivity index (χ0v) is 23.4. The van der Waals surface area contributed by atoms with Gasteiger partial charge in [0, 0.05) is 25.3 Å². The van der Waals surface area contributed by atoms with Crippen LogP contribution in [0.4, 0.5) is 5.69 Å². The molecule has 0 bridgehead atoms. The average molecular weight is 626 g/mol. The number of aryl methyl sites for hydroxylation is 1. The highest BCUT2D eigenvalue weighted by Crippen LogP contribution is 2.34. The maximum atomic E-state index is 12.3. The van der Waals surface area contributed by atoms with E-state index in [1.165, 1.54) is 0 Å². The maximum absolute atomic E-state index is 12.3. The summed E-state index contributed by atoms with van der Waals surface area (Å²) in [6.45, 7) is 8.41. The van der Waals surface area contributed by atoms with Crippen molar-refractivity contribution < 1.29 is 19.0 Å². The molecule has 1 amide bonds. The SMILES string of the molecule is COc1cc(CNCCCN2CCOCC2)cc(I)c1OCC(=O)Nc1ccccc1C.Cl.Cl. The molecule has 1 aliphatic heterocycles. The zero-order valence-electron chi connectivity index (χ0n) is 19.6. The van der Waals surface area contributed by atoms with Crippen molar-refractivity contribution in [1.29, 1.82) is 0 Å². The van der Waals surface area contributed by atoms with Crippen molar-refractivity contribution in [2.45, 2.75) is 19.9 Å². The number of hydrogen-bond donors (Lipinski definition) is 2. The van der Waals surface area contributed by atoms with Gasteiger partial charge in [0.1, 0.15) is 0 Å². The summed E-state index contributed by atoms with van der Waals surface area (Å²) in [6.07, 6.45) is 1.10. The number of anilines is 1. The third-order valence-corrected chi connectivity index (χ3v) is 6.12. The minimum atomic E-state index is -0.205. The van der Waals surface area contributed by atoms with E-state index in [1.54, 1.807) is 7.11 Å². The molecule has 7 nitrogen and oxygen atoms in total. The fourth-order valence-corrected chi connectivity index (χ4v) is 4.36. The van der Waals surface area contributed by atoms with Crippen molar-refractivity contribution in [3.05, 3.63) is 51.1 Å². The second-order valence-corrected chi connectivity index (χ2v) is 8.91. The first-order valence-electron chi connectivity index (χ1n) is 10.9. The van der Waals surface area contributed by atoms with Gasteiger partial charge < -0.3 is 24.8 Å². The first-order valence-corrected chi connectivity index (χ1v) is 12.0. The summed E-state index contributed by atoms with van der Waals surface area (Å²) in [7, 11) is 1.62. The Bertz CT molecular complexity index is 899. The first-order chi connectivity index (χ1) is 15.6. The fraction of sp³-hybridized carbons (Fsp3) is 0.458. The quantitative estimate of drug-likeness (QED) is 0.287. The average Bonchev–Trinajstić information content (AvgIpc) is 2.80. The number of ether oxygens (including phenoxy) is 3. The molecule has 0 spiro atoms. The van der Waals surface area contributed by atoms with Crippen LogP contribution in [0.15, 0.2) is 36.4 Å². The highest BCUT2D eigenvalue weighted by molar-refractivity contribution is 14.1. The van der Waals surface area contributed by atoms with Gasteiger partial charge >= 0.3 is 0 Å². The predicted molar refractivity (Wildman–Crippen MR) is 149 cm³/mol. The number of hydrogen-bond acceptors (Lipinski definition) is 6. The molecule has 2 N–H and O–H groups in total. The summed E-state index contributed by atoms with van der Waals surface area (Å²) >= 11 is 2.23. The third-order valence-electron chi connectivity index (χ3n) is 5.32. The van der Waals surface area contributed by atoms with Crippen molar-refractivity contribution >= 4 is 59.0 Å². The second kappa shape index (κ2) is 16.4. The number of nitrogens with zero attached hydrogens (tertiary/aromatic N) is 1. The summed E-state index contributed by atoms with van der Waals surface area (Å²) < 4.78 is 17.7. The number of amides is 1. The van der Waals surface area contributed by atoms with Crippen LogP contribution in [0.25, 0.3) is 0 Å². The normalized spacial score (nSPS) is 13.4. The van der Waals surface area contributed by atoms with Gasteiger partial charge in [-0.3, -0.25) is 9.69 Å². The number of halogens is 3. The molecule has 0 aliphatic carbocycles. The number of methoxy groups -OCH3 is 1. The molecule has 0 radical (unpaired) electrons. The molecule has 2 aromatic rings. The Hall–Kier alpha value is -1.30. The van der Waals surface area contributed by atoms with E-state index in [9.17, 15) is 4.79 Å². The summed E-state index contributed by atoms with van der Waals surface area (Å²) in [5.74, 6) is 1.01. The van der Waals surface area contributed by atoms with E-state index < -0.39 is 0 Å². The lowest BCUT2D eigenvalue weighted by Gasteiger charge is -2.26. The number of carbonyl (C=O) groups excluding carboxylic acids is 1. The van der Waals surface area contributed by atoms with Gasteiger partial charge in [-0.05, 0) is 78.4 Å². The van der Waals surface area contributed by atoms with Crippen molar-refractivity contribution in [3.8, 4) is 11.5 Å². The minimum Gasteiger partial charge on any atom is -0.493 e. The monoisotopic (exact) mass is 625 g/mol. The summed E-state index contributed by atoms with van der Waals surface area (Å²) in [5, 5.41) is 6.38. The smallest absolute Gasteiger partial charge is 0.262 e. The van der Waals surface area contributed by atoms with E-state index >= 15 is 0 Å². The summed E-state index contributed by atoms with van der Waals surface area (Å²) in [4.78, 5) is 14.8. The van der Waals surface area contributed by atoms with Crippen molar-refractivity contribution in [2.75, 3.05) is 58.4 Å². The standard InChI is InChI=1S/C24H32IN3O4.2ClH/c1-18-6-3-4-7-21(18)27-23(29)17-32-24-20(25)14-19(15-22(24)30-2)16-26-8-5-9-28-10-12-31-13-11-28;;/h3-4,6-7,14-15,26H,5,8-13,16-17H2,1-2H3,(H,27,29);2*1H. The minimum absolute atomic E-state index is 0. The Morgan fingerprint density at radius 1 is 1.18 bits per heavy atom. The van der Waals surface area contributed by atoms with Crippen molar-refractivity contribution in [1.82, 2.24) is 10.2 Å². The molecule has 0 aromatic heterocycles. The van der Waals surface area contributed by atoms with Gasteiger partial charge in [-0.15, -0.1) is 24.8 Å². The zero-order chi connectivity index (χ0) is 22.8. The van der Waals surface area contributed by atoms with Gasteiger partial charge in [-0.1, -0.05) is 18.2 Å². The van der Waals surface area contributed by atoms with E-state index in [1.807, 2.05) is 37.3 Å². The highest BCUT2D eigenvalue weighted by Gasteiger charge is 2.14. The molecule has 10 heteroatoms. The number of carbonyl (C=O) groups is 1. The van der Waals surface area contributed by atoms with Crippen LogP contribution in [0.2, 0.25) is 0 Å². The molecule has 3 rings (SSSR count). The maximum Gasteiger partial charge on any atom is 0.262 e. The molecular formula is C24H34Cl2IN3O4. The Morgan fingerprint density at radius 2 is 1.91 bits per heavy atom. The van der Waals surface area contributed by atoms with Gasteiger partial charge in [-0.25, -0.2) is 0 Å². The van der Waals surface area contributed by atoms with Gasteiger partial charge in [0.05, 0.1) is 23.9 Å². The lowest BCUT2D eigenvalue weighted by molar-refractivity contribution is -0.118. The van der Waals surface area contributed by atoms with Gasteiger partial charge in [0.2, 0.25) is 0 Å². The lowest BCUT2D eigenvalue weighted by Crippen LogP contribution is -2.37. The van der Waals surface area contributed by atoms with E-state index in [0.29, 0.717) is 11.5 Å². The van der Waals surface area contributed by atoms with Crippen LogP contribution in [-0.4, -0.2) is 63.9 Å². The third kappa shape index (κ3) is 9.75. The number of para-hydroxylation sites is 1. The van der Waals surface area contributed by atoms with Crippen LogP contribution in [-0.2, 0) is 16.1 Å². The molecule has 1 aliphatic rings. The molecule has 1 saturated heterocycles. The molecule has 2 aromatic carbocycles. The van der Waals surface area contributed by atoms with E-state index in [4.69, 9.17) is 14.2 Å². The van der Waals surface area contributed by atoms with Crippen LogP contribution in [0.3, 0.4) is 0 Å². The predicted octanol–water partition coefficient (Wildman–Crippen LogP) is 4.28. The summed E-state index contributed by atoms with van der Waals surface area (Å²) in [5.41, 5.74) is 2.92. The molecule has 0 saturated carbocycles. The Balaban J connectivity index is 0.00000289. The van der Waals surface area contributed by atoms with Crippen molar-refractivity contribution in [2.24, 2.45) is 0 Å². The van der Waals surface area contributed by atoms with E-state index in [2.05, 4.69) is 44.2 Å². The molecule has 1 fully saturated rings. The van der Waals surface area contributed by atoms with E-state index in [0.717, 1.165) is 72.7 Å². The Kier molecular flexibility index (Phi) is 14.8. The van der Waals surface area contributed by atoms with Crippen LogP contribution >= 0.6 is 47.4 Å². The first kappa shape index (κ1) is 30.7. The highest BCUT2D eigenvalue weighted by atomic mass is 127. The Labute approximate surface area is 228 Å². The number of nitrogens with one attached hydrogen (secondary N) is 2. The molecular weight excluding hydrogens is 592 g/mol. The van der Waals surface area contributed by atoms with Gasteiger partial charge in [0.15, 0.2) is 18.1 Å². The second-order valence-electron chi connectivity index (χ2n) is 7.75. The lowest BCUT2D eigenvalue weighted by atomic mass is 10.2. The Morgan fingerprint density at radius 3 is 2.62 bits per heavy atom. The van der Waals surface area contributed by atoms with Crippen LogP contribution in [0.5, 0.6) is 11.5 Å². The van der Waals surface area contributed by atoms with Crippen LogP contribution < -0.4 is 20.1 Å². The molecule has 34 heavy (non-hydrogen) atoms. The molecule has 1 heterocycles. The van der Waals surface area contributed by atoms with Gasteiger partial charge in [-0.2, -0.15) is 0 Å².